The summed E-state index contributed by atoms with van der Waals surface area (Å²) < 4.78 is 10.6. The SMILES string of the molecule is Cc1cc(COc2cccc(C(C)N)c2)no1. The predicted octanol–water partition coefficient (Wildman–Crippen LogP) is 2.58. The maximum Gasteiger partial charge on any atom is 0.134 e. The number of nitrogens with zero attached hydrogens (tertiary/aromatic N) is 1. The van der Waals surface area contributed by atoms with Gasteiger partial charge in [0.05, 0.1) is 0 Å². The first kappa shape index (κ1) is 11.7. The van der Waals surface area contributed by atoms with Gasteiger partial charge in [0, 0.05) is 12.1 Å². The van der Waals surface area contributed by atoms with E-state index in [2.05, 4.69) is 5.16 Å². The topological polar surface area (TPSA) is 61.3 Å². The average molecular weight is 232 g/mol. The number of rotatable bonds is 4. The molecule has 1 aromatic heterocycles. The first-order valence-corrected chi connectivity index (χ1v) is 5.55. The fourth-order valence-electron chi connectivity index (χ4n) is 1.53. The largest absolute Gasteiger partial charge is 0.487 e. The van der Waals surface area contributed by atoms with E-state index in [4.69, 9.17) is 15.0 Å². The minimum atomic E-state index is 0.00726. The van der Waals surface area contributed by atoms with Crippen molar-refractivity contribution in [2.24, 2.45) is 5.73 Å². The third kappa shape index (κ3) is 3.07. The molecule has 2 rings (SSSR count). The lowest BCUT2D eigenvalue weighted by molar-refractivity contribution is 0.287. The molecule has 1 heterocycles. The quantitative estimate of drug-likeness (QED) is 0.880. The molecule has 0 bridgehead atoms. The summed E-state index contributed by atoms with van der Waals surface area (Å²) in [5, 5.41) is 3.86. The van der Waals surface area contributed by atoms with E-state index in [0.717, 1.165) is 22.8 Å². The van der Waals surface area contributed by atoms with Crippen molar-refractivity contribution in [1.29, 1.82) is 0 Å². The van der Waals surface area contributed by atoms with Gasteiger partial charge < -0.3 is 15.0 Å². The second kappa shape index (κ2) is 5.01. The Kier molecular flexibility index (Phi) is 3.44. The van der Waals surface area contributed by atoms with Gasteiger partial charge in [-0.05, 0) is 31.5 Å². The Labute approximate surface area is 100 Å². The number of benzene rings is 1. The Morgan fingerprint density at radius 3 is 2.88 bits per heavy atom. The summed E-state index contributed by atoms with van der Waals surface area (Å²) in [6, 6.07) is 9.62. The van der Waals surface area contributed by atoms with Crippen molar-refractivity contribution in [3.63, 3.8) is 0 Å². The third-order valence-corrected chi connectivity index (χ3v) is 2.45. The smallest absolute Gasteiger partial charge is 0.134 e. The minimum Gasteiger partial charge on any atom is -0.487 e. The summed E-state index contributed by atoms with van der Waals surface area (Å²) in [6.07, 6.45) is 0. The predicted molar refractivity (Wildman–Crippen MR) is 64.6 cm³/mol. The second-order valence-electron chi connectivity index (χ2n) is 4.08. The van der Waals surface area contributed by atoms with Gasteiger partial charge in [-0.1, -0.05) is 17.3 Å². The normalized spacial score (nSPS) is 12.4. The van der Waals surface area contributed by atoms with Gasteiger partial charge in [-0.15, -0.1) is 0 Å². The van der Waals surface area contributed by atoms with Crippen LogP contribution in [0.5, 0.6) is 5.75 Å². The van der Waals surface area contributed by atoms with E-state index in [1.807, 2.05) is 44.2 Å². The molecular formula is C13H16N2O2. The van der Waals surface area contributed by atoms with E-state index >= 15 is 0 Å². The molecule has 0 aliphatic rings. The molecule has 1 aromatic carbocycles. The summed E-state index contributed by atoms with van der Waals surface area (Å²) >= 11 is 0. The van der Waals surface area contributed by atoms with E-state index in [1.165, 1.54) is 0 Å². The highest BCUT2D eigenvalue weighted by molar-refractivity contribution is 5.30. The van der Waals surface area contributed by atoms with Crippen molar-refractivity contribution in [3.8, 4) is 5.75 Å². The Bertz CT molecular complexity index is 492. The fraction of sp³-hybridized carbons (Fsp3) is 0.308. The summed E-state index contributed by atoms with van der Waals surface area (Å²) in [5.74, 6) is 1.58. The second-order valence-corrected chi connectivity index (χ2v) is 4.08. The van der Waals surface area contributed by atoms with Crippen LogP contribution in [0.25, 0.3) is 0 Å². The molecule has 1 unspecified atom stereocenters. The van der Waals surface area contributed by atoms with Crippen molar-refractivity contribution in [3.05, 3.63) is 47.3 Å². The molecule has 4 nitrogen and oxygen atoms in total. The number of hydrogen-bond acceptors (Lipinski definition) is 4. The van der Waals surface area contributed by atoms with Crippen LogP contribution in [0.1, 0.15) is 30.0 Å². The van der Waals surface area contributed by atoms with Crippen LogP contribution in [-0.2, 0) is 6.61 Å². The number of nitrogens with two attached hydrogens (primary N) is 1. The highest BCUT2D eigenvalue weighted by Crippen LogP contribution is 2.18. The minimum absolute atomic E-state index is 0.00726. The van der Waals surface area contributed by atoms with Crippen LogP contribution in [0, 0.1) is 6.92 Å². The lowest BCUT2D eigenvalue weighted by Crippen LogP contribution is -2.05. The molecule has 0 fully saturated rings. The summed E-state index contributed by atoms with van der Waals surface area (Å²) in [5.41, 5.74) is 7.65. The lowest BCUT2D eigenvalue weighted by atomic mass is 10.1. The van der Waals surface area contributed by atoms with Gasteiger partial charge in [-0.25, -0.2) is 0 Å². The van der Waals surface area contributed by atoms with Gasteiger partial charge in [0.25, 0.3) is 0 Å². The van der Waals surface area contributed by atoms with E-state index in [1.54, 1.807) is 0 Å². The molecule has 0 aliphatic heterocycles. The van der Waals surface area contributed by atoms with Crippen molar-refractivity contribution in [2.75, 3.05) is 0 Å². The molecular weight excluding hydrogens is 216 g/mol. The van der Waals surface area contributed by atoms with Crippen LogP contribution in [0.2, 0.25) is 0 Å². The maximum absolute atomic E-state index is 5.81. The van der Waals surface area contributed by atoms with Gasteiger partial charge in [0.15, 0.2) is 0 Å². The highest BCUT2D eigenvalue weighted by atomic mass is 16.5. The maximum atomic E-state index is 5.81. The molecule has 0 aliphatic carbocycles. The molecule has 0 saturated carbocycles. The Balaban J connectivity index is 2.01. The van der Waals surface area contributed by atoms with Gasteiger partial charge in [-0.2, -0.15) is 0 Å². The fourth-order valence-corrected chi connectivity index (χ4v) is 1.53. The molecule has 0 spiro atoms. The van der Waals surface area contributed by atoms with Gasteiger partial charge in [0.1, 0.15) is 23.8 Å². The monoisotopic (exact) mass is 232 g/mol. The molecule has 1 atom stereocenters. The number of aromatic nitrogens is 1. The van der Waals surface area contributed by atoms with E-state index in [-0.39, 0.29) is 6.04 Å². The zero-order valence-corrected chi connectivity index (χ0v) is 10.0. The molecule has 0 amide bonds. The number of ether oxygens (including phenoxy) is 1. The number of aryl methyl sites for hydroxylation is 1. The highest BCUT2D eigenvalue weighted by Gasteiger charge is 2.03. The van der Waals surface area contributed by atoms with Crippen LogP contribution in [0.15, 0.2) is 34.9 Å². The third-order valence-electron chi connectivity index (χ3n) is 2.45. The van der Waals surface area contributed by atoms with Crippen LogP contribution < -0.4 is 10.5 Å². The zero-order valence-electron chi connectivity index (χ0n) is 10.0. The lowest BCUT2D eigenvalue weighted by Gasteiger charge is -2.08. The van der Waals surface area contributed by atoms with Crippen molar-refractivity contribution in [2.45, 2.75) is 26.5 Å². The summed E-state index contributed by atoms with van der Waals surface area (Å²) in [4.78, 5) is 0. The van der Waals surface area contributed by atoms with Crippen LogP contribution in [0.4, 0.5) is 0 Å². The Morgan fingerprint density at radius 1 is 1.41 bits per heavy atom. The molecule has 2 N–H and O–H groups in total. The standard InChI is InChI=1S/C13H16N2O2/c1-9-6-12(15-17-9)8-16-13-5-3-4-11(7-13)10(2)14/h3-7,10H,8,14H2,1-2H3. The Hall–Kier alpha value is -1.81. The molecule has 0 saturated heterocycles. The molecule has 4 heteroatoms. The van der Waals surface area contributed by atoms with Crippen LogP contribution in [-0.4, -0.2) is 5.16 Å². The Morgan fingerprint density at radius 2 is 2.24 bits per heavy atom. The first-order valence-electron chi connectivity index (χ1n) is 5.55. The molecule has 2 aromatic rings. The zero-order chi connectivity index (χ0) is 12.3. The van der Waals surface area contributed by atoms with Crippen LogP contribution >= 0.6 is 0 Å². The van der Waals surface area contributed by atoms with Crippen molar-refractivity contribution < 1.29 is 9.26 Å². The van der Waals surface area contributed by atoms with E-state index < -0.39 is 0 Å². The summed E-state index contributed by atoms with van der Waals surface area (Å²) in [7, 11) is 0. The van der Waals surface area contributed by atoms with E-state index in [0.29, 0.717) is 6.61 Å². The average Bonchev–Trinajstić information content (AvgIpc) is 2.73. The van der Waals surface area contributed by atoms with Crippen LogP contribution in [0.3, 0.4) is 0 Å². The van der Waals surface area contributed by atoms with Crippen molar-refractivity contribution in [1.82, 2.24) is 5.16 Å². The first-order chi connectivity index (χ1) is 8.15. The van der Waals surface area contributed by atoms with Crippen molar-refractivity contribution >= 4 is 0 Å². The van der Waals surface area contributed by atoms with E-state index in [9.17, 15) is 0 Å². The van der Waals surface area contributed by atoms with Gasteiger partial charge >= 0.3 is 0 Å². The van der Waals surface area contributed by atoms with Gasteiger partial charge in [-0.3, -0.25) is 0 Å². The molecule has 17 heavy (non-hydrogen) atoms. The number of hydrogen-bond donors (Lipinski definition) is 1. The molecule has 90 valence electrons. The molecule has 0 radical (unpaired) electrons. The van der Waals surface area contributed by atoms with Gasteiger partial charge in [0.2, 0.25) is 0 Å². The summed E-state index contributed by atoms with van der Waals surface area (Å²) in [6.45, 7) is 4.20.